The van der Waals surface area contributed by atoms with Crippen LogP contribution in [-0.2, 0) is 24.9 Å². The number of aryl methyl sites for hydroxylation is 1. The van der Waals surface area contributed by atoms with Crippen LogP contribution in [0, 0.1) is 13.0 Å². The number of rotatable bonds is 3. The molecule has 1 fully saturated rings. The number of hydrogen-bond donors (Lipinski definition) is 0. The van der Waals surface area contributed by atoms with Crippen LogP contribution >= 0.6 is 0 Å². The van der Waals surface area contributed by atoms with Crippen molar-refractivity contribution < 1.29 is 29.6 Å². The van der Waals surface area contributed by atoms with Crippen LogP contribution in [0.25, 0.3) is 38.1 Å². The van der Waals surface area contributed by atoms with Gasteiger partial charge in [0.25, 0.3) is 0 Å². The van der Waals surface area contributed by atoms with E-state index in [0.717, 1.165) is 50.0 Å². The van der Waals surface area contributed by atoms with E-state index in [1.165, 1.54) is 37.7 Å². The van der Waals surface area contributed by atoms with Crippen LogP contribution in [0.1, 0.15) is 51.5 Å². The normalized spacial score (nSPS) is 14.7. The molecule has 2 aliphatic rings. The zero-order valence-electron chi connectivity index (χ0n) is 20.9. The summed E-state index contributed by atoms with van der Waals surface area (Å²) in [7, 11) is 0. The Morgan fingerprint density at radius 1 is 1.08 bits per heavy atom. The van der Waals surface area contributed by atoms with E-state index in [-0.39, 0.29) is 25.9 Å². The molecular weight excluding hydrogens is 625 g/mol. The van der Waals surface area contributed by atoms with Crippen molar-refractivity contribution in [2.75, 3.05) is 0 Å². The van der Waals surface area contributed by atoms with Crippen LogP contribution < -0.4 is 4.74 Å². The molecule has 1 aliphatic heterocycles. The maximum Gasteiger partial charge on any atom is 0.151 e. The predicted molar refractivity (Wildman–Crippen MR) is 143 cm³/mol. The van der Waals surface area contributed by atoms with E-state index in [2.05, 4.69) is 47.6 Å². The molecule has 4 nitrogen and oxygen atoms in total. The van der Waals surface area contributed by atoms with Crippen LogP contribution in [0.15, 0.2) is 66.5 Å². The van der Waals surface area contributed by atoms with Crippen molar-refractivity contribution in [2.45, 2.75) is 58.9 Å². The van der Waals surface area contributed by atoms with Gasteiger partial charge in [-0.25, -0.2) is 0 Å². The van der Waals surface area contributed by atoms with E-state index < -0.39 is 0 Å². The second kappa shape index (κ2) is 11.4. The van der Waals surface area contributed by atoms with Crippen LogP contribution in [0.4, 0.5) is 0 Å². The zero-order valence-corrected chi connectivity index (χ0v) is 23.3. The Bertz CT molecular complexity index is 1440. The number of allylic oxidation sites excluding steroid dienone is 2. The minimum absolute atomic E-state index is 0. The number of pyridine rings is 1. The first-order valence-electron chi connectivity index (χ1n) is 12.4. The average molecular weight is 655 g/mol. The number of nitrogens with zero attached hydrogens (tertiary/aromatic N) is 2. The summed E-state index contributed by atoms with van der Waals surface area (Å²) in [6.07, 6.45) is 9.81. The van der Waals surface area contributed by atoms with Gasteiger partial charge in [-0.2, -0.15) is 5.70 Å². The molecule has 0 atom stereocenters. The quantitative estimate of drug-likeness (QED) is 0.145. The molecule has 6 rings (SSSR count). The Kier molecular flexibility index (Phi) is 8.23. The van der Waals surface area contributed by atoms with Crippen LogP contribution in [-0.4, -0.2) is 16.8 Å². The molecule has 2 heterocycles. The third-order valence-corrected chi connectivity index (χ3v) is 6.60. The van der Waals surface area contributed by atoms with Gasteiger partial charge in [-0.15, -0.1) is 18.2 Å². The Labute approximate surface area is 226 Å². The Hall–Kier alpha value is -3.01. The molecule has 0 unspecified atom stereocenters. The summed E-state index contributed by atoms with van der Waals surface area (Å²) in [4.78, 5) is 15.4. The molecule has 0 bridgehead atoms. The maximum absolute atomic E-state index is 10.8. The second-order valence-corrected chi connectivity index (χ2v) is 9.52. The van der Waals surface area contributed by atoms with Gasteiger partial charge in [0.05, 0.1) is 5.75 Å². The second-order valence-electron chi connectivity index (χ2n) is 9.52. The van der Waals surface area contributed by atoms with Gasteiger partial charge in [0.2, 0.25) is 0 Å². The van der Waals surface area contributed by atoms with Gasteiger partial charge < -0.3 is 15.0 Å². The number of ketones is 1. The molecule has 1 aromatic heterocycles. The number of benzene rings is 3. The van der Waals surface area contributed by atoms with Crippen molar-refractivity contribution in [1.29, 1.82) is 0 Å². The molecule has 1 aliphatic carbocycles. The summed E-state index contributed by atoms with van der Waals surface area (Å²) in [6.45, 7) is 5.57. The summed E-state index contributed by atoms with van der Waals surface area (Å²) in [5, 5.41) is 8.98. The Morgan fingerprint density at radius 3 is 2.64 bits per heavy atom. The van der Waals surface area contributed by atoms with Gasteiger partial charge >= 0.3 is 0 Å². The number of carbonyl (C=O) groups is 1. The number of aromatic nitrogens is 1. The number of fused-ring (bicyclic) bond motifs is 4. The molecule has 5 heteroatoms. The van der Waals surface area contributed by atoms with Gasteiger partial charge in [-0.3, -0.25) is 4.79 Å². The minimum Gasteiger partial charge on any atom is -0.685 e. The van der Waals surface area contributed by atoms with Gasteiger partial charge in [-0.05, 0) is 43.0 Å². The van der Waals surface area contributed by atoms with Crippen molar-refractivity contribution in [3.63, 3.8) is 0 Å². The monoisotopic (exact) mass is 655 g/mol. The molecular formula is C31H30IrN2O2-2. The van der Waals surface area contributed by atoms with Gasteiger partial charge in [0, 0.05) is 37.4 Å². The molecule has 0 amide bonds. The topological polar surface area (TPSA) is 53.3 Å². The first-order valence-corrected chi connectivity index (χ1v) is 12.4. The van der Waals surface area contributed by atoms with Gasteiger partial charge in [-0.1, -0.05) is 85.7 Å². The maximum atomic E-state index is 10.8. The fourth-order valence-electron chi connectivity index (χ4n) is 5.09. The number of hydrogen-bond acceptors (Lipinski definition) is 3. The van der Waals surface area contributed by atoms with E-state index in [1.807, 2.05) is 37.4 Å². The van der Waals surface area contributed by atoms with E-state index in [9.17, 15) is 4.79 Å². The molecule has 36 heavy (non-hydrogen) atoms. The summed E-state index contributed by atoms with van der Waals surface area (Å²) in [5.41, 5.74) is 3.98. The molecule has 4 aromatic rings. The molecule has 3 aromatic carbocycles. The zero-order chi connectivity index (χ0) is 24.4. The summed E-state index contributed by atoms with van der Waals surface area (Å²) in [5.74, 6) is 1.84. The van der Waals surface area contributed by atoms with Crippen molar-refractivity contribution in [2.24, 2.45) is 0 Å². The fraction of sp³-hybridized carbons (Fsp3) is 0.290. The molecule has 1 radical (unpaired) electrons. The predicted octanol–water partition coefficient (Wildman–Crippen LogP) is 8.45. The molecule has 187 valence electrons. The van der Waals surface area contributed by atoms with Crippen LogP contribution in [0.2, 0.25) is 0 Å². The van der Waals surface area contributed by atoms with Crippen molar-refractivity contribution in [1.82, 2.24) is 4.98 Å². The first-order chi connectivity index (χ1) is 17.0. The SMILES string of the molecule is CC(=O)/C=C(/C)[N-]C1CCCCC1.Cc1cc2c3c(nccc3c1)-c1[c-]cc3ccccc3c1O2.[Ir]. The average Bonchev–Trinajstić information content (AvgIpc) is 2.84. The van der Waals surface area contributed by atoms with E-state index in [1.54, 1.807) is 13.0 Å². The molecule has 0 spiro atoms. The van der Waals surface area contributed by atoms with Gasteiger partial charge in [0.1, 0.15) is 5.75 Å². The van der Waals surface area contributed by atoms with Crippen molar-refractivity contribution in [3.8, 4) is 22.8 Å². The molecule has 0 saturated heterocycles. The summed E-state index contributed by atoms with van der Waals surface area (Å²) in [6, 6.07) is 20.4. The molecule has 0 N–H and O–H groups in total. The summed E-state index contributed by atoms with van der Waals surface area (Å²) < 4.78 is 6.27. The van der Waals surface area contributed by atoms with Crippen molar-refractivity contribution >= 4 is 27.3 Å². The van der Waals surface area contributed by atoms with E-state index >= 15 is 0 Å². The number of ether oxygens (including phenoxy) is 1. The first kappa shape index (κ1) is 26.1. The fourth-order valence-corrected chi connectivity index (χ4v) is 5.09. The third-order valence-electron chi connectivity index (χ3n) is 6.60. The Balaban J connectivity index is 0.000000189. The standard InChI is InChI=1S/C20H12NO.C11H19NO.Ir/c1-12-10-14-8-9-21-19-16-7-6-13-4-2-3-5-15(13)20(16)22-17(11-12)18(14)19;1-9(8-10(2)13)12-11-6-4-3-5-7-11;/h2-6,8-11H,1H3;8,11H,3-7H2,1-2H3,(H,12,13);/q-1;;/p-1. The minimum atomic E-state index is 0. The molecule has 1 saturated carbocycles. The number of carbonyl (C=O) groups excluding carboxylic acids is 1. The third kappa shape index (κ3) is 5.53. The van der Waals surface area contributed by atoms with E-state index in [4.69, 9.17) is 4.74 Å². The smallest absolute Gasteiger partial charge is 0.151 e. The Morgan fingerprint density at radius 2 is 1.86 bits per heavy atom. The van der Waals surface area contributed by atoms with Crippen molar-refractivity contribution in [3.05, 3.63) is 83.4 Å². The van der Waals surface area contributed by atoms with Crippen LogP contribution in [0.5, 0.6) is 11.5 Å². The van der Waals surface area contributed by atoms with E-state index in [0.29, 0.717) is 6.04 Å². The summed E-state index contributed by atoms with van der Waals surface area (Å²) >= 11 is 0. The largest absolute Gasteiger partial charge is 0.685 e. The van der Waals surface area contributed by atoms with Gasteiger partial charge in [0.15, 0.2) is 5.78 Å². The van der Waals surface area contributed by atoms with Crippen LogP contribution in [0.3, 0.4) is 0 Å².